The zero-order chi connectivity index (χ0) is 23.6. The number of ether oxygens (including phenoxy) is 2. The Kier molecular flexibility index (Phi) is 9.89. The lowest BCUT2D eigenvalue weighted by atomic mass is 10.1. The molecule has 0 spiro atoms. The number of aliphatic hydroxyl groups is 1. The number of hydrogen-bond donors (Lipinski definition) is 5. The first kappa shape index (κ1) is 25.4. The predicted octanol–water partition coefficient (Wildman–Crippen LogP) is -0.417. The zero-order valence-electron chi connectivity index (χ0n) is 19.6. The summed E-state index contributed by atoms with van der Waals surface area (Å²) in [6.45, 7) is 5.13. The van der Waals surface area contributed by atoms with E-state index in [1.54, 1.807) is 13.3 Å². The normalized spacial score (nSPS) is 25.6. The molecule has 1 unspecified atom stereocenters. The number of amides is 1. The lowest BCUT2D eigenvalue weighted by Crippen LogP contribution is -2.53. The Hall–Kier alpha value is -2.24. The number of carbonyl (C=O) groups excluding carboxylic acids is 1. The molecule has 1 aliphatic carbocycles. The first-order valence-electron chi connectivity index (χ1n) is 11.7. The molecule has 0 aromatic carbocycles. The number of nitrogens with one attached hydrogen (secondary N) is 3. The van der Waals surface area contributed by atoms with Crippen LogP contribution in [0.25, 0.3) is 0 Å². The van der Waals surface area contributed by atoms with Crippen molar-refractivity contribution in [2.45, 2.75) is 50.6 Å². The number of carbonyl (C=O) groups is 1. The molecule has 10 heteroatoms. The van der Waals surface area contributed by atoms with E-state index >= 15 is 0 Å². The summed E-state index contributed by atoms with van der Waals surface area (Å²) in [6.07, 6.45) is 9.53. The van der Waals surface area contributed by atoms with Crippen LogP contribution in [0.15, 0.2) is 40.2 Å². The highest BCUT2D eigenvalue weighted by molar-refractivity contribution is 5.85. The van der Waals surface area contributed by atoms with E-state index in [1.807, 2.05) is 30.1 Å². The van der Waals surface area contributed by atoms with Gasteiger partial charge in [-0.3, -0.25) is 15.1 Å². The highest BCUT2D eigenvalue weighted by atomic mass is 16.5. The van der Waals surface area contributed by atoms with Gasteiger partial charge in [0.1, 0.15) is 6.10 Å². The van der Waals surface area contributed by atoms with Gasteiger partial charge in [0, 0.05) is 56.0 Å². The molecule has 33 heavy (non-hydrogen) atoms. The molecular weight excluding hydrogens is 424 g/mol. The molecule has 6 N–H and O–H groups in total. The summed E-state index contributed by atoms with van der Waals surface area (Å²) in [4.78, 5) is 19.5. The molecule has 0 radical (unpaired) electrons. The molecule has 1 amide bonds. The van der Waals surface area contributed by atoms with E-state index < -0.39 is 6.10 Å². The molecule has 2 aliphatic heterocycles. The van der Waals surface area contributed by atoms with Gasteiger partial charge in [-0.1, -0.05) is 6.08 Å². The second-order valence-corrected chi connectivity index (χ2v) is 8.43. The number of aliphatic hydroxyl groups excluding tert-OH is 1. The minimum atomic E-state index is -0.469. The molecule has 184 valence electrons. The number of allylic oxidation sites excluding steroid dienone is 3. The van der Waals surface area contributed by atoms with Crippen LogP contribution in [0.5, 0.6) is 0 Å². The maximum absolute atomic E-state index is 13.2. The molecular formula is C23H38N6O4. The summed E-state index contributed by atoms with van der Waals surface area (Å²) >= 11 is 0. The fraction of sp³-hybridized carbons (Fsp3) is 0.652. The Balaban J connectivity index is 1.76. The van der Waals surface area contributed by atoms with Crippen LogP contribution >= 0.6 is 0 Å². The minimum Gasteiger partial charge on any atom is -0.400 e. The standard InChI is InChI=1S/C23H38N6O4/c1-16(29(18-5-6-18)23(31)21-14-25-10-11-33-21)19(24)12-20(27-9-3-8-26-15-30)17-4-7-22(32-2)28-13-17/h4,7,12-13,16,18,21-22,25-27,30H,3,5-6,8-11,14-15,24H2,1-2H3/t16-,21-,22?/m1/s1. The molecule has 2 heterocycles. The Morgan fingerprint density at radius 1 is 1.48 bits per heavy atom. The van der Waals surface area contributed by atoms with Crippen LogP contribution in [0.3, 0.4) is 0 Å². The molecule has 10 nitrogen and oxygen atoms in total. The van der Waals surface area contributed by atoms with Crippen molar-refractivity contribution in [3.63, 3.8) is 0 Å². The van der Waals surface area contributed by atoms with Gasteiger partial charge in [0.25, 0.3) is 5.91 Å². The first-order chi connectivity index (χ1) is 16.0. The summed E-state index contributed by atoms with van der Waals surface area (Å²) in [5, 5.41) is 18.4. The average molecular weight is 463 g/mol. The Labute approximate surface area is 196 Å². The maximum atomic E-state index is 13.2. The fourth-order valence-electron chi connectivity index (χ4n) is 3.86. The van der Waals surface area contributed by atoms with Crippen LogP contribution in [0.2, 0.25) is 0 Å². The summed E-state index contributed by atoms with van der Waals surface area (Å²) in [5.41, 5.74) is 8.87. The van der Waals surface area contributed by atoms with Gasteiger partial charge in [-0.15, -0.1) is 0 Å². The van der Waals surface area contributed by atoms with E-state index in [-0.39, 0.29) is 30.9 Å². The van der Waals surface area contributed by atoms with E-state index in [4.69, 9.17) is 20.3 Å². The quantitative estimate of drug-likeness (QED) is 0.195. The van der Waals surface area contributed by atoms with E-state index in [2.05, 4.69) is 20.9 Å². The second-order valence-electron chi connectivity index (χ2n) is 8.43. The minimum absolute atomic E-state index is 0.00662. The molecule has 3 atom stereocenters. The number of methoxy groups -OCH3 is 1. The third-order valence-corrected chi connectivity index (χ3v) is 5.92. The number of nitrogens with two attached hydrogens (primary N) is 1. The fourth-order valence-corrected chi connectivity index (χ4v) is 3.86. The highest BCUT2D eigenvalue weighted by Crippen LogP contribution is 2.31. The van der Waals surface area contributed by atoms with Gasteiger partial charge in [0.15, 0.2) is 6.23 Å². The van der Waals surface area contributed by atoms with Crippen molar-refractivity contribution >= 4 is 12.1 Å². The Bertz CT molecular complexity index is 755. The predicted molar refractivity (Wildman–Crippen MR) is 127 cm³/mol. The molecule has 0 aromatic heterocycles. The van der Waals surface area contributed by atoms with Crippen LogP contribution in [-0.2, 0) is 14.3 Å². The molecule has 3 aliphatic rings. The number of rotatable bonds is 12. The SMILES string of the molecule is COC1C=CC(=C(C=C(N)[C@@H](C)N(C(=O)[C@H]2CNCCO2)C2CC2)NCCCNCO)C=N1. The van der Waals surface area contributed by atoms with Crippen LogP contribution in [0, 0.1) is 0 Å². The smallest absolute Gasteiger partial charge is 0.253 e. The lowest BCUT2D eigenvalue weighted by molar-refractivity contribution is -0.147. The van der Waals surface area contributed by atoms with Crippen LogP contribution in [-0.4, -0.2) is 93.2 Å². The second kappa shape index (κ2) is 12.9. The molecule has 3 rings (SSSR count). The monoisotopic (exact) mass is 462 g/mol. The summed E-state index contributed by atoms with van der Waals surface area (Å²) < 4.78 is 11.0. The molecule has 1 saturated carbocycles. The van der Waals surface area contributed by atoms with Crippen molar-refractivity contribution < 1.29 is 19.4 Å². The van der Waals surface area contributed by atoms with Gasteiger partial charge in [-0.25, -0.2) is 0 Å². The summed E-state index contributed by atoms with van der Waals surface area (Å²) in [5.74, 6) is -0.00662. The average Bonchev–Trinajstić information content (AvgIpc) is 3.69. The Morgan fingerprint density at radius 2 is 2.30 bits per heavy atom. The number of dihydropyridines is 1. The Morgan fingerprint density at radius 3 is 2.91 bits per heavy atom. The van der Waals surface area contributed by atoms with Crippen molar-refractivity contribution in [3.05, 3.63) is 35.2 Å². The third-order valence-electron chi connectivity index (χ3n) is 5.92. The van der Waals surface area contributed by atoms with Crippen molar-refractivity contribution in [1.29, 1.82) is 0 Å². The molecule has 0 aromatic rings. The van der Waals surface area contributed by atoms with Gasteiger partial charge in [-0.2, -0.15) is 0 Å². The number of nitrogens with zero attached hydrogens (tertiary/aromatic N) is 2. The number of aliphatic imine (C=N–C) groups is 1. The van der Waals surface area contributed by atoms with Crippen molar-refractivity contribution in [2.75, 3.05) is 46.6 Å². The van der Waals surface area contributed by atoms with Crippen molar-refractivity contribution in [1.82, 2.24) is 20.9 Å². The van der Waals surface area contributed by atoms with E-state index in [0.717, 1.165) is 37.1 Å². The molecule has 2 fully saturated rings. The maximum Gasteiger partial charge on any atom is 0.253 e. The summed E-state index contributed by atoms with van der Waals surface area (Å²) in [7, 11) is 1.61. The van der Waals surface area contributed by atoms with E-state index in [0.29, 0.717) is 31.9 Å². The van der Waals surface area contributed by atoms with Gasteiger partial charge in [0.05, 0.1) is 19.4 Å². The largest absolute Gasteiger partial charge is 0.400 e. The van der Waals surface area contributed by atoms with Crippen LogP contribution < -0.4 is 21.7 Å². The molecule has 0 bridgehead atoms. The third kappa shape index (κ3) is 7.38. The highest BCUT2D eigenvalue weighted by Gasteiger charge is 2.40. The van der Waals surface area contributed by atoms with Crippen molar-refractivity contribution in [3.8, 4) is 0 Å². The first-order valence-corrected chi connectivity index (χ1v) is 11.7. The zero-order valence-corrected chi connectivity index (χ0v) is 19.6. The van der Waals surface area contributed by atoms with Crippen molar-refractivity contribution in [2.24, 2.45) is 10.7 Å². The van der Waals surface area contributed by atoms with Crippen LogP contribution in [0.4, 0.5) is 0 Å². The van der Waals surface area contributed by atoms with Gasteiger partial charge < -0.3 is 35.8 Å². The lowest BCUT2D eigenvalue weighted by Gasteiger charge is -2.34. The van der Waals surface area contributed by atoms with E-state index in [1.165, 1.54) is 0 Å². The topological polar surface area (TPSA) is 133 Å². The molecule has 1 saturated heterocycles. The van der Waals surface area contributed by atoms with E-state index in [9.17, 15) is 4.79 Å². The van der Waals surface area contributed by atoms with Gasteiger partial charge in [0.2, 0.25) is 0 Å². The number of morpholine rings is 1. The number of hydrogen-bond acceptors (Lipinski definition) is 9. The summed E-state index contributed by atoms with van der Waals surface area (Å²) in [6, 6.07) is -0.0580. The van der Waals surface area contributed by atoms with Gasteiger partial charge in [-0.05, 0) is 44.9 Å². The van der Waals surface area contributed by atoms with Gasteiger partial charge >= 0.3 is 0 Å². The van der Waals surface area contributed by atoms with Crippen LogP contribution in [0.1, 0.15) is 26.2 Å².